The zero-order chi connectivity index (χ0) is 16.6. The molecule has 0 saturated carbocycles. The van der Waals surface area contributed by atoms with Gasteiger partial charge in [0, 0.05) is 27.8 Å². The topological polar surface area (TPSA) is 61.2 Å². The second kappa shape index (κ2) is 5.44. The fourth-order valence-electron chi connectivity index (χ4n) is 2.62. The number of carbonyl (C=O) groups is 1. The van der Waals surface area contributed by atoms with Crippen molar-refractivity contribution in [3.8, 4) is 0 Å². The Morgan fingerprint density at radius 2 is 1.57 bits per heavy atom. The summed E-state index contributed by atoms with van der Waals surface area (Å²) in [6.45, 7) is 12.0. The van der Waals surface area contributed by atoms with Gasteiger partial charge in [-0.3, -0.25) is 4.79 Å². The number of nitrogens with one attached hydrogen (secondary N) is 1. The molecule has 0 heterocycles. The highest BCUT2D eigenvalue weighted by molar-refractivity contribution is 7.91. The first-order chi connectivity index (χ1) is 9.24. The highest BCUT2D eigenvalue weighted by Crippen LogP contribution is 2.27. The largest absolute Gasteiger partial charge is 0.329 e. The molecule has 1 aromatic rings. The molecule has 5 heteroatoms. The molecule has 1 N–H and O–H groups in total. The van der Waals surface area contributed by atoms with Crippen LogP contribution in [-0.4, -0.2) is 32.3 Å². The number of nitrogens with zero attached hydrogens (tertiary/aromatic N) is 1. The Kier molecular flexibility index (Phi) is 4.59. The maximum absolute atomic E-state index is 12.9. The zero-order valence-electron chi connectivity index (χ0n) is 14.0. The molecular formula is C16H26N2O2S. The van der Waals surface area contributed by atoms with Crippen LogP contribution in [0.3, 0.4) is 0 Å². The van der Waals surface area contributed by atoms with Gasteiger partial charge in [0.1, 0.15) is 0 Å². The fraction of sp³-hybridized carbons (Fsp3) is 0.562. The van der Waals surface area contributed by atoms with Crippen LogP contribution >= 0.6 is 0 Å². The van der Waals surface area contributed by atoms with Crippen LogP contribution in [0.5, 0.6) is 0 Å². The number of amides is 1. The van der Waals surface area contributed by atoms with E-state index in [0.29, 0.717) is 10.5 Å². The van der Waals surface area contributed by atoms with E-state index in [1.807, 2.05) is 46.4 Å². The highest BCUT2D eigenvalue weighted by Gasteiger charge is 2.36. The van der Waals surface area contributed by atoms with Crippen LogP contribution in [0.2, 0.25) is 0 Å². The second-order valence-corrected chi connectivity index (χ2v) is 9.51. The Labute approximate surface area is 128 Å². The molecule has 1 rings (SSSR count). The van der Waals surface area contributed by atoms with Gasteiger partial charge in [0.05, 0.1) is 9.73 Å². The molecule has 0 spiro atoms. The second-order valence-electron chi connectivity index (χ2n) is 7.35. The van der Waals surface area contributed by atoms with Crippen LogP contribution < -0.4 is 0 Å². The van der Waals surface area contributed by atoms with E-state index in [9.17, 15) is 9.00 Å². The van der Waals surface area contributed by atoms with Crippen molar-refractivity contribution < 1.29 is 9.00 Å². The van der Waals surface area contributed by atoms with Crippen molar-refractivity contribution in [2.75, 3.05) is 6.26 Å². The predicted molar refractivity (Wildman–Crippen MR) is 87.2 cm³/mol. The average Bonchev–Trinajstić information content (AvgIpc) is 2.24. The normalized spacial score (nSPS) is 15.4. The predicted octanol–water partition coefficient (Wildman–Crippen LogP) is 3.76. The van der Waals surface area contributed by atoms with Crippen LogP contribution in [0.25, 0.3) is 0 Å². The van der Waals surface area contributed by atoms with Gasteiger partial charge in [-0.1, -0.05) is 6.07 Å². The van der Waals surface area contributed by atoms with Gasteiger partial charge in [-0.05, 0) is 59.7 Å². The summed E-state index contributed by atoms with van der Waals surface area (Å²) in [5.41, 5.74) is -0.195. The molecule has 0 saturated heterocycles. The van der Waals surface area contributed by atoms with E-state index in [0.717, 1.165) is 0 Å². The minimum Gasteiger partial charge on any atom is -0.329 e. The number of hydrogen-bond acceptors (Lipinski definition) is 3. The molecule has 118 valence electrons. The zero-order valence-corrected chi connectivity index (χ0v) is 14.8. The molecule has 1 amide bonds. The number of hydrogen-bond donors (Lipinski definition) is 1. The van der Waals surface area contributed by atoms with Crippen molar-refractivity contribution in [2.24, 2.45) is 0 Å². The standard InChI is InChI=1S/C16H26N2O2S/c1-15(2,3)18(16(4,5)6)14(19)12-9-8-10-13(11-12)21(7,17)20/h8-11,17H,1-7H3. The van der Waals surface area contributed by atoms with E-state index in [-0.39, 0.29) is 17.0 Å². The lowest BCUT2D eigenvalue weighted by molar-refractivity contribution is 0.0270. The Bertz CT molecular complexity index is 621. The maximum Gasteiger partial charge on any atom is 0.254 e. The summed E-state index contributed by atoms with van der Waals surface area (Å²) in [5, 5.41) is 0. The summed E-state index contributed by atoms with van der Waals surface area (Å²) in [4.78, 5) is 15.1. The minimum atomic E-state index is -2.83. The summed E-state index contributed by atoms with van der Waals surface area (Å²) in [7, 11) is -2.83. The smallest absolute Gasteiger partial charge is 0.254 e. The van der Waals surface area contributed by atoms with E-state index >= 15 is 0 Å². The Balaban J connectivity index is 3.36. The summed E-state index contributed by atoms with van der Waals surface area (Å²) in [6.07, 6.45) is 1.36. The molecule has 0 radical (unpaired) electrons. The number of carbonyl (C=O) groups excluding carboxylic acids is 1. The lowest BCUT2D eigenvalue weighted by Gasteiger charge is -2.45. The fourth-order valence-corrected chi connectivity index (χ4v) is 3.31. The van der Waals surface area contributed by atoms with Crippen molar-refractivity contribution in [2.45, 2.75) is 57.5 Å². The maximum atomic E-state index is 12.9. The average molecular weight is 310 g/mol. The van der Waals surface area contributed by atoms with Crippen LogP contribution in [0.1, 0.15) is 51.9 Å². The van der Waals surface area contributed by atoms with Crippen LogP contribution in [0, 0.1) is 4.78 Å². The van der Waals surface area contributed by atoms with Gasteiger partial charge < -0.3 is 4.90 Å². The van der Waals surface area contributed by atoms with Crippen molar-refractivity contribution in [3.63, 3.8) is 0 Å². The highest BCUT2D eigenvalue weighted by atomic mass is 32.2. The minimum absolute atomic E-state index is 0.111. The van der Waals surface area contributed by atoms with Crippen molar-refractivity contribution in [3.05, 3.63) is 29.8 Å². The molecule has 0 aliphatic carbocycles. The van der Waals surface area contributed by atoms with Gasteiger partial charge in [0.2, 0.25) is 0 Å². The van der Waals surface area contributed by atoms with Gasteiger partial charge in [0.25, 0.3) is 5.91 Å². The summed E-state index contributed by atoms with van der Waals surface area (Å²) >= 11 is 0. The Morgan fingerprint density at radius 1 is 1.10 bits per heavy atom. The molecule has 4 nitrogen and oxygen atoms in total. The van der Waals surface area contributed by atoms with Gasteiger partial charge in [-0.2, -0.15) is 0 Å². The van der Waals surface area contributed by atoms with Crippen molar-refractivity contribution in [1.82, 2.24) is 4.90 Å². The summed E-state index contributed by atoms with van der Waals surface area (Å²) in [6, 6.07) is 6.60. The quantitative estimate of drug-likeness (QED) is 0.904. The first-order valence-corrected chi connectivity index (χ1v) is 8.90. The van der Waals surface area contributed by atoms with Gasteiger partial charge in [0.15, 0.2) is 0 Å². The number of benzene rings is 1. The van der Waals surface area contributed by atoms with E-state index < -0.39 is 9.73 Å². The van der Waals surface area contributed by atoms with E-state index in [1.165, 1.54) is 6.26 Å². The third-order valence-corrected chi connectivity index (χ3v) is 4.23. The van der Waals surface area contributed by atoms with Gasteiger partial charge in [-0.25, -0.2) is 8.99 Å². The molecule has 1 unspecified atom stereocenters. The lowest BCUT2D eigenvalue weighted by Crippen LogP contribution is -2.55. The third kappa shape index (κ3) is 4.30. The summed E-state index contributed by atoms with van der Waals surface area (Å²) in [5.74, 6) is -0.111. The van der Waals surface area contributed by atoms with E-state index in [4.69, 9.17) is 4.78 Å². The van der Waals surface area contributed by atoms with Crippen LogP contribution in [0.4, 0.5) is 0 Å². The molecular weight excluding hydrogens is 284 g/mol. The molecule has 1 atom stereocenters. The van der Waals surface area contributed by atoms with Crippen LogP contribution in [0.15, 0.2) is 29.2 Å². The molecule has 1 aromatic carbocycles. The molecule has 0 fully saturated rings. The number of rotatable bonds is 2. The van der Waals surface area contributed by atoms with E-state index in [1.54, 1.807) is 24.3 Å². The third-order valence-electron chi connectivity index (χ3n) is 3.08. The Morgan fingerprint density at radius 3 is 1.95 bits per heavy atom. The first-order valence-electron chi connectivity index (χ1n) is 6.93. The van der Waals surface area contributed by atoms with Crippen LogP contribution in [-0.2, 0) is 9.73 Å². The molecule has 0 aromatic heterocycles. The van der Waals surface area contributed by atoms with Gasteiger partial charge >= 0.3 is 0 Å². The SMILES string of the molecule is CC(C)(C)N(C(=O)c1cccc(S(C)(=N)=O)c1)C(C)(C)C. The monoisotopic (exact) mass is 310 g/mol. The summed E-state index contributed by atoms with van der Waals surface area (Å²) < 4.78 is 19.5. The van der Waals surface area contributed by atoms with Gasteiger partial charge in [-0.15, -0.1) is 0 Å². The van der Waals surface area contributed by atoms with Crippen molar-refractivity contribution in [1.29, 1.82) is 4.78 Å². The first kappa shape index (κ1) is 17.7. The van der Waals surface area contributed by atoms with E-state index in [2.05, 4.69) is 0 Å². The molecule has 0 aliphatic heterocycles. The van der Waals surface area contributed by atoms with Crippen molar-refractivity contribution >= 4 is 15.6 Å². The lowest BCUT2D eigenvalue weighted by atomic mass is 9.94. The molecule has 0 aliphatic rings. The molecule has 0 bridgehead atoms. The Hall–Kier alpha value is -1.36. The molecule has 21 heavy (non-hydrogen) atoms.